The molecule has 0 amide bonds. The molecule has 0 N–H and O–H groups in total. The van der Waals surface area contributed by atoms with E-state index in [0.717, 1.165) is 41.3 Å². The zero-order chi connectivity index (χ0) is 27.2. The zero-order valence-corrected chi connectivity index (χ0v) is 26.3. The van der Waals surface area contributed by atoms with Gasteiger partial charge < -0.3 is 14.2 Å². The predicted molar refractivity (Wildman–Crippen MR) is 154 cm³/mol. The van der Waals surface area contributed by atoms with Crippen molar-refractivity contribution < 1.29 is 37.9 Å². The van der Waals surface area contributed by atoms with Crippen LogP contribution in [0.5, 0.6) is 17.2 Å². The summed E-state index contributed by atoms with van der Waals surface area (Å²) in [5.74, 6) is 2.07. The van der Waals surface area contributed by atoms with Gasteiger partial charge in [0.2, 0.25) is 0 Å². The van der Waals surface area contributed by atoms with Crippen LogP contribution < -0.4 is 38.4 Å². The molecule has 0 saturated carbocycles. The minimum Gasteiger partial charge on any atom is -0.490 e. The Balaban J connectivity index is 0.00000684. The summed E-state index contributed by atoms with van der Waals surface area (Å²) in [6, 6.07) is 8.17. The van der Waals surface area contributed by atoms with Crippen LogP contribution >= 0.6 is 8.58 Å². The van der Waals surface area contributed by atoms with Gasteiger partial charge in [0.25, 0.3) is 0 Å². The van der Waals surface area contributed by atoms with Crippen molar-refractivity contribution in [2.24, 2.45) is 0 Å². The third-order valence-corrected chi connectivity index (χ3v) is 7.84. The van der Waals surface area contributed by atoms with Crippen molar-refractivity contribution in [3.63, 3.8) is 0 Å². The third-order valence-electron chi connectivity index (χ3n) is 6.62. The van der Waals surface area contributed by atoms with Gasteiger partial charge in [0.05, 0.1) is 23.6 Å². The van der Waals surface area contributed by atoms with Crippen LogP contribution in [-0.2, 0) is 5.41 Å². The molecule has 0 radical (unpaired) electrons. The number of benzene rings is 2. The van der Waals surface area contributed by atoms with Crippen LogP contribution in [-0.4, -0.2) is 23.8 Å². The van der Waals surface area contributed by atoms with Gasteiger partial charge in [-0.25, -0.2) is 0 Å². The first-order valence-electron chi connectivity index (χ1n) is 13.4. The van der Waals surface area contributed by atoms with Crippen LogP contribution in [0.3, 0.4) is 0 Å². The van der Waals surface area contributed by atoms with Crippen LogP contribution in [0.25, 0.3) is 0 Å². The predicted octanol–water partition coefficient (Wildman–Crippen LogP) is 5.28. The Hall–Kier alpha value is -1.46. The van der Waals surface area contributed by atoms with Crippen LogP contribution in [0.4, 0.5) is 0 Å². The van der Waals surface area contributed by atoms with Crippen molar-refractivity contribution in [3.8, 4) is 17.2 Å². The van der Waals surface area contributed by atoms with Crippen molar-refractivity contribution in [2.45, 2.75) is 119 Å². The fraction of sp³-hybridized carbons (Fsp3) is 0.581. The van der Waals surface area contributed by atoms with E-state index in [9.17, 15) is 4.79 Å². The summed E-state index contributed by atoms with van der Waals surface area (Å²) in [6.45, 7) is 23.1. The van der Waals surface area contributed by atoms with Gasteiger partial charge in [0.1, 0.15) is 17.2 Å². The molecule has 4 atom stereocenters. The first kappa shape index (κ1) is 33.6. The number of rotatable bonds is 12. The topological polar surface area (TPSA) is 44.8 Å². The van der Waals surface area contributed by atoms with Gasteiger partial charge in [0.15, 0.2) is 5.52 Å². The Morgan fingerprint density at radius 3 is 1.57 bits per heavy atom. The maximum atomic E-state index is 13.8. The number of ether oxygens (including phenoxy) is 3. The fourth-order valence-corrected chi connectivity index (χ4v) is 5.04. The zero-order valence-electron chi connectivity index (χ0n) is 25.3. The Bertz CT molecular complexity index is 988. The smallest absolute Gasteiger partial charge is 0.490 e. The molecule has 0 bridgehead atoms. The minimum atomic E-state index is -0.120. The molecular weight excluding hydrogens is 474 g/mol. The van der Waals surface area contributed by atoms with Gasteiger partial charge in [-0.1, -0.05) is 53.7 Å². The van der Waals surface area contributed by atoms with Crippen molar-refractivity contribution in [1.82, 2.24) is 0 Å². The molecule has 0 aromatic heterocycles. The molecule has 2 aromatic rings. The molecule has 37 heavy (non-hydrogen) atoms. The number of carbonyl (C=O) groups excluding carboxylic acids is 1. The molecule has 0 saturated heterocycles. The van der Waals surface area contributed by atoms with Gasteiger partial charge in [-0.05, 0) is 84.6 Å². The van der Waals surface area contributed by atoms with Crippen LogP contribution in [0.1, 0.15) is 109 Å². The van der Waals surface area contributed by atoms with Gasteiger partial charge in [-0.3, -0.25) is 4.79 Å². The molecule has 0 spiro atoms. The maximum Gasteiger partial charge on any atom is 1.00 e. The summed E-state index contributed by atoms with van der Waals surface area (Å²) in [6.07, 6.45) is 2.71. The number of hydrogen-bond donors (Lipinski definition) is 0. The third kappa shape index (κ3) is 9.35. The Labute approximate surface area is 239 Å². The molecule has 2 aromatic carbocycles. The van der Waals surface area contributed by atoms with Gasteiger partial charge in [0, 0.05) is 17.7 Å². The standard InChI is InChI=1S/C31H47O4P.Li/c1-12-21(6)33-25-17-26(34-22(7)13-2)29(27(18-25)35-23(8)14-3)36-30(32)28-19(4)15-24(16-20(28)5)31(9,10)11;/h15-18,21-23,36H,12-14H2,1-11H3;/q;+1. The largest absolute Gasteiger partial charge is 1.00 e. The van der Waals surface area contributed by atoms with E-state index in [2.05, 4.69) is 60.6 Å². The minimum absolute atomic E-state index is 0. The van der Waals surface area contributed by atoms with E-state index in [4.69, 9.17) is 14.2 Å². The average Bonchev–Trinajstić information content (AvgIpc) is 2.79. The van der Waals surface area contributed by atoms with Crippen LogP contribution in [0.15, 0.2) is 24.3 Å². The van der Waals surface area contributed by atoms with Gasteiger partial charge >= 0.3 is 18.9 Å². The molecular formula is C31H47LiO4P+. The second-order valence-corrected chi connectivity index (χ2v) is 12.2. The van der Waals surface area contributed by atoms with E-state index in [0.29, 0.717) is 17.2 Å². The van der Waals surface area contributed by atoms with E-state index >= 15 is 0 Å². The average molecular weight is 522 g/mol. The Morgan fingerprint density at radius 1 is 0.784 bits per heavy atom. The SMILES string of the molecule is CCC(C)Oc1cc(OC(C)CC)c(PC(=O)c2c(C)cc(C(C)(C)C)cc2C)c(OC(C)CC)c1.[Li+]. The summed E-state index contributed by atoms with van der Waals surface area (Å²) >= 11 is 0. The van der Waals surface area contributed by atoms with Crippen molar-refractivity contribution in [2.75, 3.05) is 0 Å². The first-order valence-corrected chi connectivity index (χ1v) is 14.4. The van der Waals surface area contributed by atoms with Crippen LogP contribution in [0.2, 0.25) is 0 Å². The second-order valence-electron chi connectivity index (χ2n) is 11.0. The molecule has 0 aliphatic rings. The molecule has 0 fully saturated rings. The molecule has 200 valence electrons. The molecule has 6 heteroatoms. The summed E-state index contributed by atoms with van der Waals surface area (Å²) in [4.78, 5) is 13.8. The van der Waals surface area contributed by atoms with Gasteiger partial charge in [-0.2, -0.15) is 0 Å². The summed E-state index contributed by atoms with van der Waals surface area (Å²) < 4.78 is 18.9. The monoisotopic (exact) mass is 521 g/mol. The summed E-state index contributed by atoms with van der Waals surface area (Å²) in [7, 11) is -0.120. The van der Waals surface area contributed by atoms with Crippen LogP contribution in [0, 0.1) is 13.8 Å². The first-order chi connectivity index (χ1) is 16.8. The van der Waals surface area contributed by atoms with Crippen molar-refractivity contribution >= 4 is 19.4 Å². The van der Waals surface area contributed by atoms with E-state index in [-0.39, 0.29) is 56.7 Å². The molecule has 0 aliphatic carbocycles. The van der Waals surface area contributed by atoms with E-state index < -0.39 is 0 Å². The summed E-state index contributed by atoms with van der Waals surface area (Å²) in [5.41, 5.74) is 4.20. The summed E-state index contributed by atoms with van der Waals surface area (Å²) in [5, 5.41) is 0.816. The number of hydrogen-bond acceptors (Lipinski definition) is 4. The Kier molecular flexibility index (Phi) is 13.3. The number of carbonyl (C=O) groups is 1. The fourth-order valence-electron chi connectivity index (χ4n) is 3.79. The maximum absolute atomic E-state index is 13.8. The van der Waals surface area contributed by atoms with E-state index in [1.54, 1.807) is 0 Å². The molecule has 4 nitrogen and oxygen atoms in total. The van der Waals surface area contributed by atoms with E-state index in [1.165, 1.54) is 5.56 Å². The van der Waals surface area contributed by atoms with Crippen molar-refractivity contribution in [1.29, 1.82) is 0 Å². The molecule has 0 heterocycles. The number of aryl methyl sites for hydroxylation is 2. The quantitative estimate of drug-likeness (QED) is 0.282. The molecule has 0 aliphatic heterocycles. The van der Waals surface area contributed by atoms with Gasteiger partial charge in [-0.15, -0.1) is 0 Å². The Morgan fingerprint density at radius 2 is 1.19 bits per heavy atom. The second kappa shape index (κ2) is 14.6. The van der Waals surface area contributed by atoms with Crippen molar-refractivity contribution in [3.05, 3.63) is 46.5 Å². The normalized spacial score (nSPS) is 14.1. The molecule has 4 unspecified atom stereocenters. The van der Waals surface area contributed by atoms with E-state index in [1.807, 2.05) is 39.8 Å². The molecule has 2 rings (SSSR count).